The highest BCUT2D eigenvalue weighted by atomic mass is 16.6. The Hall–Kier alpha value is -3.23. The van der Waals surface area contributed by atoms with Gasteiger partial charge in [0.2, 0.25) is 5.91 Å². The van der Waals surface area contributed by atoms with Gasteiger partial charge in [0.1, 0.15) is 17.3 Å². The number of rotatable bonds is 5. The van der Waals surface area contributed by atoms with E-state index in [9.17, 15) is 14.9 Å². The van der Waals surface area contributed by atoms with E-state index in [0.717, 1.165) is 0 Å². The summed E-state index contributed by atoms with van der Waals surface area (Å²) in [6.45, 7) is 1.37. The molecule has 0 atom stereocenters. The first kappa shape index (κ1) is 15.2. The Bertz CT molecular complexity index is 719. The van der Waals surface area contributed by atoms with Crippen molar-refractivity contribution in [1.29, 1.82) is 0 Å². The molecule has 0 radical (unpaired) electrons. The number of carbonyl (C=O) groups is 1. The van der Waals surface area contributed by atoms with Crippen LogP contribution in [0.15, 0.2) is 30.6 Å². The largest absolute Gasteiger partial charge is 0.453 e. The van der Waals surface area contributed by atoms with Gasteiger partial charge in [-0.2, -0.15) is 0 Å². The Kier molecular flexibility index (Phi) is 4.47. The highest BCUT2D eigenvalue weighted by Crippen LogP contribution is 2.29. The lowest BCUT2D eigenvalue weighted by molar-refractivity contribution is -0.388. The monoisotopic (exact) mass is 303 g/mol. The van der Waals surface area contributed by atoms with Gasteiger partial charge in [0.05, 0.1) is 0 Å². The van der Waals surface area contributed by atoms with Gasteiger partial charge in [-0.15, -0.1) is 0 Å². The van der Waals surface area contributed by atoms with Crippen LogP contribution in [0.25, 0.3) is 0 Å². The highest BCUT2D eigenvalue weighted by Gasteiger charge is 2.16. The van der Waals surface area contributed by atoms with Crippen molar-refractivity contribution in [3.63, 3.8) is 0 Å². The van der Waals surface area contributed by atoms with Gasteiger partial charge < -0.3 is 25.5 Å². The van der Waals surface area contributed by atoms with Crippen LogP contribution in [0.1, 0.15) is 6.92 Å². The first-order valence-electron chi connectivity index (χ1n) is 6.23. The molecule has 2 aromatic rings. The average Bonchev–Trinajstić information content (AvgIpc) is 2.46. The summed E-state index contributed by atoms with van der Waals surface area (Å²) in [6, 6.07) is 4.58. The fraction of sp³-hybridized carbons (Fsp3) is 0.154. The number of nitrogens with one attached hydrogen (secondary N) is 2. The van der Waals surface area contributed by atoms with Gasteiger partial charge in [0, 0.05) is 32.3 Å². The Balaban J connectivity index is 2.23. The standard InChI is InChI=1S/C13H13N5O4/c1-8(19)17-12-6-9(3-4-15-12)22-10-5-11(14-2)13(16-7-10)18(20)21/h3-7,14H,1-2H3,(H,15,17,19). The van der Waals surface area contributed by atoms with E-state index in [1.165, 1.54) is 31.5 Å². The second-order valence-electron chi connectivity index (χ2n) is 4.21. The molecule has 0 aliphatic rings. The molecule has 22 heavy (non-hydrogen) atoms. The van der Waals surface area contributed by atoms with E-state index in [2.05, 4.69) is 20.6 Å². The van der Waals surface area contributed by atoms with Crippen molar-refractivity contribution in [2.45, 2.75) is 6.92 Å². The van der Waals surface area contributed by atoms with Crippen LogP contribution in [0.4, 0.5) is 17.3 Å². The number of anilines is 2. The van der Waals surface area contributed by atoms with Crippen molar-refractivity contribution in [3.8, 4) is 11.5 Å². The molecular formula is C13H13N5O4. The summed E-state index contributed by atoms with van der Waals surface area (Å²) >= 11 is 0. The normalized spacial score (nSPS) is 9.91. The lowest BCUT2D eigenvalue weighted by Gasteiger charge is -2.08. The summed E-state index contributed by atoms with van der Waals surface area (Å²) in [6.07, 6.45) is 2.72. The molecule has 2 N–H and O–H groups in total. The third-order valence-corrected chi connectivity index (χ3v) is 2.56. The number of hydrogen-bond donors (Lipinski definition) is 2. The zero-order valence-corrected chi connectivity index (χ0v) is 11.9. The number of nitrogens with zero attached hydrogens (tertiary/aromatic N) is 3. The number of carbonyl (C=O) groups excluding carboxylic acids is 1. The van der Waals surface area contributed by atoms with Crippen molar-refractivity contribution in [2.24, 2.45) is 0 Å². The minimum Gasteiger partial charge on any atom is -0.453 e. The van der Waals surface area contributed by atoms with Crippen LogP contribution in [-0.2, 0) is 4.79 Å². The van der Waals surface area contributed by atoms with Gasteiger partial charge in [0.15, 0.2) is 11.9 Å². The lowest BCUT2D eigenvalue weighted by Crippen LogP contribution is -2.07. The molecular weight excluding hydrogens is 290 g/mol. The van der Waals surface area contributed by atoms with E-state index in [1.54, 1.807) is 13.1 Å². The predicted molar refractivity (Wildman–Crippen MR) is 79.1 cm³/mol. The first-order valence-corrected chi connectivity index (χ1v) is 6.23. The molecule has 114 valence electrons. The molecule has 0 aliphatic carbocycles. The quantitative estimate of drug-likeness (QED) is 0.641. The van der Waals surface area contributed by atoms with Crippen LogP contribution < -0.4 is 15.4 Å². The number of amides is 1. The Morgan fingerprint density at radius 3 is 2.73 bits per heavy atom. The molecule has 0 fully saturated rings. The highest BCUT2D eigenvalue weighted by molar-refractivity contribution is 5.87. The van der Waals surface area contributed by atoms with Crippen LogP contribution in [0.2, 0.25) is 0 Å². The van der Waals surface area contributed by atoms with Crippen molar-refractivity contribution >= 4 is 23.2 Å². The molecule has 1 amide bonds. The van der Waals surface area contributed by atoms with Gasteiger partial charge in [-0.25, -0.2) is 4.98 Å². The Morgan fingerprint density at radius 1 is 1.32 bits per heavy atom. The summed E-state index contributed by atoms with van der Waals surface area (Å²) in [5.41, 5.74) is 0.235. The zero-order chi connectivity index (χ0) is 16.1. The van der Waals surface area contributed by atoms with Crippen LogP contribution >= 0.6 is 0 Å². The number of nitro groups is 1. The molecule has 0 aliphatic heterocycles. The van der Waals surface area contributed by atoms with E-state index >= 15 is 0 Å². The smallest absolute Gasteiger partial charge is 0.387 e. The van der Waals surface area contributed by atoms with Crippen molar-refractivity contribution in [3.05, 3.63) is 40.7 Å². The molecule has 0 aromatic carbocycles. The fourth-order valence-electron chi connectivity index (χ4n) is 1.68. The average molecular weight is 303 g/mol. The van der Waals surface area contributed by atoms with E-state index in [0.29, 0.717) is 17.3 Å². The third kappa shape index (κ3) is 3.66. The summed E-state index contributed by atoms with van der Waals surface area (Å²) in [5.74, 6) is 0.530. The summed E-state index contributed by atoms with van der Waals surface area (Å²) in [4.78, 5) is 28.9. The topological polar surface area (TPSA) is 119 Å². The number of ether oxygens (including phenoxy) is 1. The molecule has 0 spiro atoms. The van der Waals surface area contributed by atoms with Crippen molar-refractivity contribution in [1.82, 2.24) is 9.97 Å². The molecule has 2 heterocycles. The predicted octanol–water partition coefficient (Wildman–Crippen LogP) is 2.18. The van der Waals surface area contributed by atoms with Crippen LogP contribution in [0, 0.1) is 10.1 Å². The van der Waals surface area contributed by atoms with Gasteiger partial charge in [-0.05, 0) is 16.0 Å². The van der Waals surface area contributed by atoms with E-state index < -0.39 is 4.92 Å². The van der Waals surface area contributed by atoms with Crippen LogP contribution in [-0.4, -0.2) is 27.8 Å². The zero-order valence-electron chi connectivity index (χ0n) is 11.9. The van der Waals surface area contributed by atoms with Gasteiger partial charge in [-0.1, -0.05) is 0 Å². The molecule has 9 heteroatoms. The minimum atomic E-state index is -0.586. The summed E-state index contributed by atoms with van der Waals surface area (Å²) in [5, 5.41) is 16.0. The van der Waals surface area contributed by atoms with Crippen LogP contribution in [0.3, 0.4) is 0 Å². The van der Waals surface area contributed by atoms with Gasteiger partial charge >= 0.3 is 5.82 Å². The van der Waals surface area contributed by atoms with Crippen molar-refractivity contribution < 1.29 is 14.5 Å². The van der Waals surface area contributed by atoms with Gasteiger partial charge in [-0.3, -0.25) is 4.79 Å². The molecule has 0 unspecified atom stereocenters. The van der Waals surface area contributed by atoms with Crippen LogP contribution in [0.5, 0.6) is 11.5 Å². The van der Waals surface area contributed by atoms with Gasteiger partial charge in [0.25, 0.3) is 0 Å². The Morgan fingerprint density at radius 2 is 2.09 bits per heavy atom. The lowest BCUT2D eigenvalue weighted by atomic mass is 10.3. The maximum atomic E-state index is 11.0. The summed E-state index contributed by atoms with van der Waals surface area (Å²) in [7, 11) is 1.55. The molecule has 0 saturated heterocycles. The second kappa shape index (κ2) is 6.48. The first-order chi connectivity index (χ1) is 10.5. The van der Waals surface area contributed by atoms with E-state index in [4.69, 9.17) is 4.74 Å². The maximum absolute atomic E-state index is 11.0. The minimum absolute atomic E-state index is 0.235. The number of pyridine rings is 2. The molecule has 0 bridgehead atoms. The summed E-state index contributed by atoms with van der Waals surface area (Å²) < 4.78 is 5.56. The van der Waals surface area contributed by atoms with E-state index in [-0.39, 0.29) is 17.4 Å². The Labute approximate surface area is 125 Å². The molecule has 0 saturated carbocycles. The SMILES string of the molecule is CNc1cc(Oc2ccnc(NC(C)=O)c2)cnc1[N+](=O)[O-]. The fourth-order valence-corrected chi connectivity index (χ4v) is 1.68. The second-order valence-corrected chi connectivity index (χ2v) is 4.21. The third-order valence-electron chi connectivity index (χ3n) is 2.56. The maximum Gasteiger partial charge on any atom is 0.387 e. The van der Waals surface area contributed by atoms with Crippen molar-refractivity contribution in [2.75, 3.05) is 17.7 Å². The number of hydrogen-bond acceptors (Lipinski definition) is 7. The molecule has 9 nitrogen and oxygen atoms in total. The number of aromatic nitrogens is 2. The molecule has 2 aromatic heterocycles. The molecule has 2 rings (SSSR count). The van der Waals surface area contributed by atoms with E-state index in [1.807, 2.05) is 0 Å².